The summed E-state index contributed by atoms with van der Waals surface area (Å²) in [5.41, 5.74) is 3.16. The van der Waals surface area contributed by atoms with E-state index in [9.17, 15) is 19.4 Å². The molecular weight excluding hydrogens is 459 g/mol. The van der Waals surface area contributed by atoms with Crippen LogP contribution in [0.3, 0.4) is 0 Å². The molecule has 0 bridgehead atoms. The maximum atomic E-state index is 14.8. The minimum Gasteiger partial charge on any atom is -0.504 e. The second-order valence-electron chi connectivity index (χ2n) is 12.1. The number of rotatable bonds is 2. The number of aromatic nitrogens is 1. The van der Waals surface area contributed by atoms with Crippen molar-refractivity contribution in [3.8, 4) is 11.5 Å². The topological polar surface area (TPSA) is 74.7 Å². The Bertz CT molecular complexity index is 1570. The van der Waals surface area contributed by atoms with Gasteiger partial charge in [0.2, 0.25) is 0 Å². The molecule has 3 fully saturated rings. The largest absolute Gasteiger partial charge is 0.504 e. The number of aromatic hydroxyl groups is 1. The molecule has 3 aliphatic carbocycles. The maximum absolute atomic E-state index is 14.8. The number of Topliss-reactive ketones (excluding diaryl/α,β-unsaturated/α-hetero) is 1. The van der Waals surface area contributed by atoms with E-state index in [-0.39, 0.29) is 23.6 Å². The molecule has 2 unspecified atom stereocenters. The van der Waals surface area contributed by atoms with Gasteiger partial charge in [-0.15, -0.1) is 0 Å². The number of fused-ring (bicyclic) bond motifs is 7. The summed E-state index contributed by atoms with van der Waals surface area (Å²) >= 11 is 0. The quantitative estimate of drug-likeness (QED) is 0.538. The van der Waals surface area contributed by atoms with Crippen LogP contribution in [-0.4, -0.2) is 49.7 Å². The van der Waals surface area contributed by atoms with E-state index >= 15 is 0 Å². The number of aryl methyl sites for hydroxylation is 2. The fourth-order valence-electron chi connectivity index (χ4n) is 8.76. The smallest absolute Gasteiger partial charge is 0.166 e. The van der Waals surface area contributed by atoms with Gasteiger partial charge >= 0.3 is 0 Å². The molecule has 2 saturated carbocycles. The number of ketones is 1. The van der Waals surface area contributed by atoms with Gasteiger partial charge in [0.1, 0.15) is 5.82 Å². The van der Waals surface area contributed by atoms with Crippen LogP contribution in [0.5, 0.6) is 11.5 Å². The van der Waals surface area contributed by atoms with E-state index in [1.165, 1.54) is 25.0 Å². The molecule has 2 aromatic carbocycles. The Morgan fingerprint density at radius 1 is 1.25 bits per heavy atom. The van der Waals surface area contributed by atoms with Crippen molar-refractivity contribution in [3.63, 3.8) is 0 Å². The molecular formula is C29H27FN2O4. The van der Waals surface area contributed by atoms with Gasteiger partial charge in [0.25, 0.3) is 0 Å². The summed E-state index contributed by atoms with van der Waals surface area (Å²) < 4.78 is 23.6. The number of phenolic OH excluding ortho intramolecular Hbond substituents is 1. The standard InChI is InChI=1S/C29H27FN2O4/c1-13-2-5-21(34)25-22(13)28-11-19-26(32(19)12-14-3-4-14)29(28,35)10-18-16-8-15(30)9-17-20(33)6-7-31(23(16)17)24(18)27(28)36-25/h2,5,8-9,14,19,26-27,34-35H,3-4,6-7,10-12H2,1H3/t19?,26-,27+,28+,29-,32?/m1/s1. The van der Waals surface area contributed by atoms with Crippen molar-refractivity contribution in [1.29, 1.82) is 0 Å². The number of phenols is 1. The highest BCUT2D eigenvalue weighted by Crippen LogP contribution is 2.73. The van der Waals surface area contributed by atoms with Gasteiger partial charge in [-0.1, -0.05) is 6.07 Å². The summed E-state index contributed by atoms with van der Waals surface area (Å²) in [6, 6.07) is 6.76. The van der Waals surface area contributed by atoms with E-state index < -0.39 is 22.9 Å². The predicted molar refractivity (Wildman–Crippen MR) is 129 cm³/mol. The molecule has 4 heterocycles. The molecule has 184 valence electrons. The van der Waals surface area contributed by atoms with E-state index in [0.717, 1.165) is 46.8 Å². The van der Waals surface area contributed by atoms with Gasteiger partial charge in [-0.25, -0.2) is 4.39 Å². The van der Waals surface area contributed by atoms with Crippen LogP contribution < -0.4 is 4.74 Å². The Balaban J connectivity index is 1.34. The SMILES string of the molecule is Cc1ccc(O)c2c1[C@]13CC4[C@@H](N4CC4CC4)[C@]1(O)Cc1c(n4c5c(cc(F)cc15)C(=O)CC4)[C@@H]3O2. The first-order valence-electron chi connectivity index (χ1n) is 13.2. The Morgan fingerprint density at radius 3 is 2.89 bits per heavy atom. The first-order chi connectivity index (χ1) is 17.3. The molecule has 6 atom stereocenters. The highest BCUT2D eigenvalue weighted by Gasteiger charge is 2.81. The summed E-state index contributed by atoms with van der Waals surface area (Å²) in [6.45, 7) is 3.57. The summed E-state index contributed by atoms with van der Waals surface area (Å²) in [6.07, 6.45) is 3.49. The van der Waals surface area contributed by atoms with Gasteiger partial charge < -0.3 is 19.5 Å². The molecule has 7 heteroatoms. The van der Waals surface area contributed by atoms with Crippen molar-refractivity contribution >= 4 is 16.7 Å². The van der Waals surface area contributed by atoms with Crippen molar-refractivity contribution in [2.45, 2.75) is 74.8 Å². The van der Waals surface area contributed by atoms with Crippen LogP contribution in [0.2, 0.25) is 0 Å². The Hall–Kier alpha value is -2.90. The van der Waals surface area contributed by atoms with E-state index in [1.54, 1.807) is 6.07 Å². The third-order valence-corrected chi connectivity index (χ3v) is 10.3. The maximum Gasteiger partial charge on any atom is 0.166 e. The van der Waals surface area contributed by atoms with E-state index in [2.05, 4.69) is 9.47 Å². The first-order valence-corrected chi connectivity index (χ1v) is 13.2. The number of nitrogens with zero attached hydrogens (tertiary/aromatic N) is 2. The molecule has 6 aliphatic rings. The number of aliphatic hydroxyl groups is 1. The minimum atomic E-state index is -1.11. The molecule has 9 rings (SSSR count). The second-order valence-corrected chi connectivity index (χ2v) is 12.1. The van der Waals surface area contributed by atoms with E-state index in [1.807, 2.05) is 13.0 Å². The lowest BCUT2D eigenvalue weighted by molar-refractivity contribution is -0.0872. The summed E-state index contributed by atoms with van der Waals surface area (Å²) in [4.78, 5) is 15.3. The van der Waals surface area contributed by atoms with Crippen LogP contribution in [0.4, 0.5) is 4.39 Å². The Morgan fingerprint density at radius 2 is 2.08 bits per heavy atom. The third-order valence-electron chi connectivity index (χ3n) is 10.3. The van der Waals surface area contributed by atoms with Crippen LogP contribution in [0.15, 0.2) is 24.3 Å². The number of hydrogen-bond donors (Lipinski definition) is 2. The van der Waals surface area contributed by atoms with Gasteiger partial charge in [-0.3, -0.25) is 9.69 Å². The van der Waals surface area contributed by atoms with Crippen LogP contribution >= 0.6 is 0 Å². The molecule has 1 spiro atoms. The zero-order chi connectivity index (χ0) is 24.3. The average Bonchev–Trinajstić information content (AvgIpc) is 3.70. The highest BCUT2D eigenvalue weighted by molar-refractivity contribution is 6.09. The first kappa shape index (κ1) is 20.2. The van der Waals surface area contributed by atoms with E-state index in [0.29, 0.717) is 36.1 Å². The Kier molecular flexibility index (Phi) is 3.35. The zero-order valence-electron chi connectivity index (χ0n) is 20.1. The Labute approximate surface area is 207 Å². The lowest BCUT2D eigenvalue weighted by atomic mass is 9.58. The summed E-state index contributed by atoms with van der Waals surface area (Å²) in [5.74, 6) is 0.818. The van der Waals surface area contributed by atoms with Crippen molar-refractivity contribution < 1.29 is 24.1 Å². The number of carbonyl (C=O) groups is 1. The van der Waals surface area contributed by atoms with Gasteiger partial charge in [0, 0.05) is 48.5 Å². The molecule has 2 N–H and O–H groups in total. The fourth-order valence-corrected chi connectivity index (χ4v) is 8.76. The molecule has 0 radical (unpaired) electrons. The van der Waals surface area contributed by atoms with Crippen LogP contribution in [0.1, 0.15) is 64.5 Å². The lowest BCUT2D eigenvalue weighted by Crippen LogP contribution is -2.60. The normalized spacial score (nSPS) is 36.7. The molecule has 1 aromatic heterocycles. The third kappa shape index (κ3) is 2.05. The zero-order valence-corrected chi connectivity index (χ0v) is 20.1. The molecule has 0 amide bonds. The average molecular weight is 487 g/mol. The van der Waals surface area contributed by atoms with Crippen molar-refractivity contribution in [3.05, 3.63) is 58.0 Å². The molecule has 36 heavy (non-hydrogen) atoms. The van der Waals surface area contributed by atoms with Crippen LogP contribution in [-0.2, 0) is 18.4 Å². The monoisotopic (exact) mass is 486 g/mol. The molecule has 1 saturated heterocycles. The van der Waals surface area contributed by atoms with Gasteiger partial charge in [-0.2, -0.15) is 0 Å². The van der Waals surface area contributed by atoms with Crippen LogP contribution in [0, 0.1) is 18.7 Å². The molecule has 6 nitrogen and oxygen atoms in total. The number of carbonyl (C=O) groups excluding carboxylic acids is 1. The number of hydrogen-bond acceptors (Lipinski definition) is 5. The fraction of sp³-hybridized carbons (Fsp3) is 0.483. The predicted octanol–water partition coefficient (Wildman–Crippen LogP) is 3.91. The summed E-state index contributed by atoms with van der Waals surface area (Å²) in [5, 5.41) is 24.5. The lowest BCUT2D eigenvalue weighted by Gasteiger charge is -2.49. The minimum absolute atomic E-state index is 0.0169. The molecule has 3 aromatic rings. The number of ether oxygens (including phenoxy) is 1. The van der Waals surface area contributed by atoms with Crippen molar-refractivity contribution in [1.82, 2.24) is 9.47 Å². The number of benzene rings is 2. The van der Waals surface area contributed by atoms with E-state index in [4.69, 9.17) is 4.74 Å². The highest BCUT2D eigenvalue weighted by atomic mass is 19.1. The van der Waals surface area contributed by atoms with Crippen LogP contribution in [0.25, 0.3) is 10.9 Å². The second kappa shape index (κ2) is 5.97. The molecule has 3 aliphatic heterocycles. The number of likely N-dealkylation sites (tertiary alicyclic amines) is 1. The summed E-state index contributed by atoms with van der Waals surface area (Å²) in [7, 11) is 0. The number of piperidine rings is 1. The van der Waals surface area contributed by atoms with Crippen molar-refractivity contribution in [2.24, 2.45) is 5.92 Å². The van der Waals surface area contributed by atoms with Crippen molar-refractivity contribution in [2.75, 3.05) is 6.54 Å². The van der Waals surface area contributed by atoms with Gasteiger partial charge in [-0.05, 0) is 61.4 Å². The number of halogens is 1. The van der Waals surface area contributed by atoms with Gasteiger partial charge in [0.15, 0.2) is 23.4 Å². The van der Waals surface area contributed by atoms with Gasteiger partial charge in [0.05, 0.1) is 28.3 Å².